The van der Waals surface area contributed by atoms with Gasteiger partial charge in [-0.05, 0) is 25.0 Å². The molecule has 7 heteroatoms. The lowest BCUT2D eigenvalue weighted by Crippen LogP contribution is -2.48. The van der Waals surface area contributed by atoms with Gasteiger partial charge in [0.15, 0.2) is 11.5 Å². The number of anilines is 1. The minimum Gasteiger partial charge on any atom is -0.355 e. The second kappa shape index (κ2) is 8.45. The van der Waals surface area contributed by atoms with Crippen LogP contribution in [0.5, 0.6) is 0 Å². The fraction of sp³-hybridized carbons (Fsp3) is 0.625. The van der Waals surface area contributed by atoms with E-state index in [9.17, 15) is 9.59 Å². The van der Waals surface area contributed by atoms with Gasteiger partial charge < -0.3 is 14.7 Å². The van der Waals surface area contributed by atoms with Crippen LogP contribution in [0, 0.1) is 0 Å². The molecule has 23 heavy (non-hydrogen) atoms. The topological polar surface area (TPSA) is 69.6 Å². The van der Waals surface area contributed by atoms with Gasteiger partial charge in [-0.25, -0.2) is 0 Å². The van der Waals surface area contributed by atoms with Gasteiger partial charge in [0.25, 0.3) is 5.91 Å². The van der Waals surface area contributed by atoms with Crippen LogP contribution in [0.2, 0.25) is 0 Å². The highest BCUT2D eigenvalue weighted by Gasteiger charge is 2.22. The van der Waals surface area contributed by atoms with Crippen LogP contribution in [0.4, 0.5) is 5.82 Å². The standard InChI is InChI=1S/C16H25N5O2/c1-3-7-20(8-4-2)15-6-5-14(17-18-15)16(23)21-11-9-19(13-22)10-12-21/h5-6,13H,3-4,7-12H2,1-2H3. The van der Waals surface area contributed by atoms with Crippen molar-refractivity contribution in [2.45, 2.75) is 26.7 Å². The van der Waals surface area contributed by atoms with Gasteiger partial charge >= 0.3 is 0 Å². The maximum absolute atomic E-state index is 12.4. The first-order chi connectivity index (χ1) is 11.2. The van der Waals surface area contributed by atoms with E-state index in [1.807, 2.05) is 6.07 Å². The highest BCUT2D eigenvalue weighted by Crippen LogP contribution is 2.12. The molecule has 0 N–H and O–H groups in total. The van der Waals surface area contributed by atoms with Crippen LogP contribution >= 0.6 is 0 Å². The van der Waals surface area contributed by atoms with Crippen molar-refractivity contribution in [3.8, 4) is 0 Å². The van der Waals surface area contributed by atoms with Crippen LogP contribution in [0.1, 0.15) is 37.2 Å². The van der Waals surface area contributed by atoms with Gasteiger partial charge in [0, 0.05) is 39.3 Å². The van der Waals surface area contributed by atoms with E-state index in [2.05, 4.69) is 28.9 Å². The van der Waals surface area contributed by atoms with E-state index in [1.54, 1.807) is 15.9 Å². The van der Waals surface area contributed by atoms with E-state index in [4.69, 9.17) is 0 Å². The molecule has 126 valence electrons. The zero-order chi connectivity index (χ0) is 16.7. The Hall–Kier alpha value is -2.18. The van der Waals surface area contributed by atoms with Crippen LogP contribution in [-0.2, 0) is 4.79 Å². The molecule has 0 aliphatic carbocycles. The summed E-state index contributed by atoms with van der Waals surface area (Å²) < 4.78 is 0. The first kappa shape index (κ1) is 17.2. The molecule has 1 aliphatic heterocycles. The van der Waals surface area contributed by atoms with Gasteiger partial charge in [0.05, 0.1) is 0 Å². The molecule has 0 radical (unpaired) electrons. The Morgan fingerprint density at radius 1 is 1.13 bits per heavy atom. The summed E-state index contributed by atoms with van der Waals surface area (Å²) in [5.41, 5.74) is 0.362. The monoisotopic (exact) mass is 319 g/mol. The number of carbonyl (C=O) groups excluding carboxylic acids is 2. The molecule has 2 heterocycles. The summed E-state index contributed by atoms with van der Waals surface area (Å²) in [5, 5.41) is 8.34. The summed E-state index contributed by atoms with van der Waals surface area (Å²) in [5.74, 6) is 0.697. The number of hydrogen-bond acceptors (Lipinski definition) is 5. The van der Waals surface area contributed by atoms with Crippen molar-refractivity contribution >= 4 is 18.1 Å². The van der Waals surface area contributed by atoms with Crippen molar-refractivity contribution in [2.75, 3.05) is 44.2 Å². The molecular formula is C16H25N5O2. The molecule has 0 aromatic carbocycles. The average molecular weight is 319 g/mol. The molecule has 1 aromatic heterocycles. The predicted octanol–water partition coefficient (Wildman–Crippen LogP) is 1.02. The lowest BCUT2D eigenvalue weighted by atomic mass is 10.2. The van der Waals surface area contributed by atoms with Crippen molar-refractivity contribution in [2.24, 2.45) is 0 Å². The third-order valence-electron chi connectivity index (χ3n) is 3.93. The predicted molar refractivity (Wildman–Crippen MR) is 88.4 cm³/mol. The van der Waals surface area contributed by atoms with Crippen LogP contribution in [-0.4, -0.2) is 71.6 Å². The van der Waals surface area contributed by atoms with Crippen LogP contribution < -0.4 is 4.90 Å². The highest BCUT2D eigenvalue weighted by atomic mass is 16.2. The Morgan fingerprint density at radius 2 is 1.78 bits per heavy atom. The molecule has 7 nitrogen and oxygen atoms in total. The second-order valence-corrected chi connectivity index (χ2v) is 5.70. The Labute approximate surface area is 137 Å². The number of amides is 2. The fourth-order valence-electron chi connectivity index (χ4n) is 2.68. The molecule has 2 amide bonds. The molecule has 0 unspecified atom stereocenters. The summed E-state index contributed by atoms with van der Waals surface area (Å²) in [7, 11) is 0. The summed E-state index contributed by atoms with van der Waals surface area (Å²) in [6, 6.07) is 3.61. The normalized spacial score (nSPS) is 14.7. The zero-order valence-corrected chi connectivity index (χ0v) is 13.9. The zero-order valence-electron chi connectivity index (χ0n) is 13.9. The third kappa shape index (κ3) is 4.40. The molecule has 0 spiro atoms. The lowest BCUT2D eigenvalue weighted by molar-refractivity contribution is -0.119. The molecule has 1 saturated heterocycles. The van der Waals surface area contributed by atoms with E-state index in [0.717, 1.165) is 38.2 Å². The van der Waals surface area contributed by atoms with Gasteiger partial charge in [-0.1, -0.05) is 13.8 Å². The Balaban J connectivity index is 2.01. The van der Waals surface area contributed by atoms with Crippen molar-refractivity contribution in [1.29, 1.82) is 0 Å². The largest absolute Gasteiger partial charge is 0.355 e. The van der Waals surface area contributed by atoms with E-state index in [-0.39, 0.29) is 5.91 Å². The average Bonchev–Trinajstić information content (AvgIpc) is 2.61. The van der Waals surface area contributed by atoms with Gasteiger partial charge in [-0.2, -0.15) is 0 Å². The molecule has 1 aliphatic rings. The second-order valence-electron chi connectivity index (χ2n) is 5.70. The maximum Gasteiger partial charge on any atom is 0.274 e. The summed E-state index contributed by atoms with van der Waals surface area (Å²) >= 11 is 0. The number of hydrogen-bond donors (Lipinski definition) is 0. The van der Waals surface area contributed by atoms with Crippen LogP contribution in [0.25, 0.3) is 0 Å². The van der Waals surface area contributed by atoms with Crippen molar-refractivity contribution in [1.82, 2.24) is 20.0 Å². The first-order valence-corrected chi connectivity index (χ1v) is 8.26. The Morgan fingerprint density at radius 3 is 2.26 bits per heavy atom. The summed E-state index contributed by atoms with van der Waals surface area (Å²) in [6.45, 7) is 8.35. The molecule has 1 fully saturated rings. The number of aromatic nitrogens is 2. The molecular weight excluding hydrogens is 294 g/mol. The summed E-state index contributed by atoms with van der Waals surface area (Å²) in [4.78, 5) is 28.7. The molecule has 2 rings (SSSR count). The first-order valence-electron chi connectivity index (χ1n) is 8.26. The van der Waals surface area contributed by atoms with E-state index >= 15 is 0 Å². The minimum absolute atomic E-state index is 0.118. The maximum atomic E-state index is 12.4. The Kier molecular flexibility index (Phi) is 6.31. The van der Waals surface area contributed by atoms with E-state index in [0.29, 0.717) is 31.9 Å². The molecule has 1 aromatic rings. The fourth-order valence-corrected chi connectivity index (χ4v) is 2.68. The van der Waals surface area contributed by atoms with Gasteiger partial charge in [0.2, 0.25) is 6.41 Å². The number of nitrogens with zero attached hydrogens (tertiary/aromatic N) is 5. The van der Waals surface area contributed by atoms with Crippen LogP contribution in [0.3, 0.4) is 0 Å². The van der Waals surface area contributed by atoms with E-state index in [1.165, 1.54) is 0 Å². The Bertz CT molecular complexity index is 506. The van der Waals surface area contributed by atoms with Crippen LogP contribution in [0.15, 0.2) is 12.1 Å². The quantitative estimate of drug-likeness (QED) is 0.702. The lowest BCUT2D eigenvalue weighted by Gasteiger charge is -2.32. The SMILES string of the molecule is CCCN(CCC)c1ccc(C(=O)N2CCN(C=O)CC2)nn1. The van der Waals surface area contributed by atoms with Crippen molar-refractivity contribution in [3.63, 3.8) is 0 Å². The molecule has 0 saturated carbocycles. The number of rotatable bonds is 7. The number of piperazine rings is 1. The van der Waals surface area contributed by atoms with Gasteiger partial charge in [0.1, 0.15) is 0 Å². The van der Waals surface area contributed by atoms with E-state index < -0.39 is 0 Å². The summed E-state index contributed by atoms with van der Waals surface area (Å²) in [6.07, 6.45) is 2.92. The van der Waals surface area contributed by atoms with Gasteiger partial charge in [-0.15, -0.1) is 10.2 Å². The smallest absolute Gasteiger partial charge is 0.274 e. The highest BCUT2D eigenvalue weighted by molar-refractivity contribution is 5.92. The molecule has 0 bridgehead atoms. The van der Waals surface area contributed by atoms with Crippen molar-refractivity contribution in [3.05, 3.63) is 17.8 Å². The minimum atomic E-state index is -0.118. The number of carbonyl (C=O) groups is 2. The molecule has 0 atom stereocenters. The third-order valence-corrected chi connectivity index (χ3v) is 3.93. The van der Waals surface area contributed by atoms with Crippen molar-refractivity contribution < 1.29 is 9.59 Å². The van der Waals surface area contributed by atoms with Gasteiger partial charge in [-0.3, -0.25) is 9.59 Å².